The van der Waals surface area contributed by atoms with E-state index in [2.05, 4.69) is 33.1 Å². The SMILES string of the molecule is CCN(CCNC(=O)c1ccc(Br)c(S(=O)(=O)N(C)C)c1)C1CC1. The molecule has 24 heavy (non-hydrogen) atoms. The van der Waals surface area contributed by atoms with E-state index in [-0.39, 0.29) is 10.8 Å². The van der Waals surface area contributed by atoms with Crippen LogP contribution in [-0.2, 0) is 10.0 Å². The summed E-state index contributed by atoms with van der Waals surface area (Å²) < 4.78 is 26.2. The van der Waals surface area contributed by atoms with Crippen LogP contribution in [0.4, 0.5) is 0 Å². The number of halogens is 1. The van der Waals surface area contributed by atoms with Gasteiger partial charge < -0.3 is 5.32 Å². The predicted molar refractivity (Wildman–Crippen MR) is 97.6 cm³/mol. The maximum absolute atomic E-state index is 12.3. The molecular formula is C16H24BrN3O3S. The second-order valence-corrected chi connectivity index (χ2v) is 9.02. The van der Waals surface area contributed by atoms with Crippen LogP contribution in [0.3, 0.4) is 0 Å². The number of hydrogen-bond acceptors (Lipinski definition) is 4. The van der Waals surface area contributed by atoms with Gasteiger partial charge in [0.05, 0.1) is 4.90 Å². The van der Waals surface area contributed by atoms with Gasteiger partial charge in [-0.15, -0.1) is 0 Å². The summed E-state index contributed by atoms with van der Waals surface area (Å²) in [6.07, 6.45) is 2.47. The molecule has 0 spiro atoms. The minimum atomic E-state index is -3.61. The zero-order valence-electron chi connectivity index (χ0n) is 14.3. The van der Waals surface area contributed by atoms with Crippen molar-refractivity contribution in [1.82, 2.24) is 14.5 Å². The van der Waals surface area contributed by atoms with E-state index >= 15 is 0 Å². The molecule has 1 saturated carbocycles. The first-order chi connectivity index (χ1) is 11.3. The highest BCUT2D eigenvalue weighted by Gasteiger charge is 2.27. The fraction of sp³-hybridized carbons (Fsp3) is 0.562. The number of nitrogens with one attached hydrogen (secondary N) is 1. The Bertz CT molecular complexity index is 703. The summed E-state index contributed by atoms with van der Waals surface area (Å²) in [7, 11) is -0.678. The second-order valence-electron chi connectivity index (χ2n) is 6.05. The number of amides is 1. The van der Waals surface area contributed by atoms with Gasteiger partial charge in [0, 0.05) is 43.3 Å². The van der Waals surface area contributed by atoms with Crippen LogP contribution in [0.1, 0.15) is 30.1 Å². The van der Waals surface area contributed by atoms with Crippen LogP contribution in [0.2, 0.25) is 0 Å². The molecule has 1 aliphatic rings. The lowest BCUT2D eigenvalue weighted by atomic mass is 10.2. The first-order valence-electron chi connectivity index (χ1n) is 8.01. The van der Waals surface area contributed by atoms with Crippen molar-refractivity contribution in [2.24, 2.45) is 0 Å². The number of sulfonamides is 1. The molecule has 0 heterocycles. The van der Waals surface area contributed by atoms with E-state index in [0.29, 0.717) is 22.6 Å². The van der Waals surface area contributed by atoms with E-state index in [1.165, 1.54) is 33.0 Å². The van der Waals surface area contributed by atoms with Gasteiger partial charge in [-0.3, -0.25) is 9.69 Å². The monoisotopic (exact) mass is 417 g/mol. The van der Waals surface area contributed by atoms with Crippen LogP contribution in [0.5, 0.6) is 0 Å². The molecule has 1 aliphatic carbocycles. The third kappa shape index (κ3) is 4.56. The fourth-order valence-corrected chi connectivity index (χ4v) is 4.34. The number of hydrogen-bond donors (Lipinski definition) is 1. The van der Waals surface area contributed by atoms with Crippen molar-refractivity contribution in [2.75, 3.05) is 33.7 Å². The van der Waals surface area contributed by atoms with Gasteiger partial charge in [0.25, 0.3) is 5.91 Å². The summed E-state index contributed by atoms with van der Waals surface area (Å²) in [5, 5.41) is 2.87. The molecule has 0 aliphatic heterocycles. The van der Waals surface area contributed by atoms with Crippen LogP contribution < -0.4 is 5.32 Å². The third-order valence-corrected chi connectivity index (χ3v) is 6.92. The van der Waals surface area contributed by atoms with Gasteiger partial charge in [-0.1, -0.05) is 6.92 Å². The lowest BCUT2D eigenvalue weighted by molar-refractivity contribution is 0.0947. The Hall–Kier alpha value is -0.960. The van der Waals surface area contributed by atoms with Crippen molar-refractivity contribution in [1.29, 1.82) is 0 Å². The van der Waals surface area contributed by atoms with Crippen molar-refractivity contribution in [3.63, 3.8) is 0 Å². The van der Waals surface area contributed by atoms with Gasteiger partial charge >= 0.3 is 0 Å². The Morgan fingerprint density at radius 1 is 1.33 bits per heavy atom. The normalized spacial score (nSPS) is 15.1. The molecule has 134 valence electrons. The van der Waals surface area contributed by atoms with E-state index in [1.807, 2.05) is 0 Å². The molecule has 1 fully saturated rings. The Labute approximate surface area is 152 Å². The maximum Gasteiger partial charge on any atom is 0.251 e. The molecule has 8 heteroatoms. The molecule has 0 unspecified atom stereocenters. The summed E-state index contributed by atoms with van der Waals surface area (Å²) in [6.45, 7) is 4.46. The molecule has 1 amide bonds. The van der Waals surface area contributed by atoms with Crippen LogP contribution in [0.15, 0.2) is 27.6 Å². The number of rotatable bonds is 8. The van der Waals surface area contributed by atoms with Crippen LogP contribution in [0.25, 0.3) is 0 Å². The first kappa shape index (κ1) is 19.4. The number of benzene rings is 1. The van der Waals surface area contributed by atoms with Crippen molar-refractivity contribution in [3.8, 4) is 0 Å². The Kier molecular flexibility index (Phi) is 6.41. The average Bonchev–Trinajstić information content (AvgIpc) is 3.36. The molecule has 0 bridgehead atoms. The number of carbonyl (C=O) groups is 1. The summed E-state index contributed by atoms with van der Waals surface area (Å²) in [5.74, 6) is -0.260. The molecule has 0 aromatic heterocycles. The molecule has 1 N–H and O–H groups in total. The molecular weight excluding hydrogens is 394 g/mol. The van der Waals surface area contributed by atoms with Gasteiger partial charge in [0.15, 0.2) is 0 Å². The molecule has 1 aromatic carbocycles. The molecule has 6 nitrogen and oxygen atoms in total. The fourth-order valence-electron chi connectivity index (χ4n) is 2.49. The zero-order chi connectivity index (χ0) is 17.9. The highest BCUT2D eigenvalue weighted by Crippen LogP contribution is 2.26. The van der Waals surface area contributed by atoms with Gasteiger partial charge in [-0.25, -0.2) is 12.7 Å². The third-order valence-electron chi connectivity index (χ3n) is 4.11. The van der Waals surface area contributed by atoms with E-state index in [9.17, 15) is 13.2 Å². The maximum atomic E-state index is 12.3. The summed E-state index contributed by atoms with van der Waals surface area (Å²) in [4.78, 5) is 14.7. The first-order valence-corrected chi connectivity index (χ1v) is 10.2. The lowest BCUT2D eigenvalue weighted by Crippen LogP contribution is -2.36. The van der Waals surface area contributed by atoms with Crippen LogP contribution in [0, 0.1) is 0 Å². The number of likely N-dealkylation sites (N-methyl/N-ethyl adjacent to an activating group) is 1. The summed E-state index contributed by atoms with van der Waals surface area (Å²) in [6, 6.07) is 5.28. The lowest BCUT2D eigenvalue weighted by Gasteiger charge is -2.19. The van der Waals surface area contributed by atoms with E-state index in [4.69, 9.17) is 0 Å². The standard InChI is InChI=1S/C16H24BrN3O3S/c1-4-20(13-6-7-13)10-9-18-16(21)12-5-8-14(17)15(11-12)24(22,23)19(2)3/h5,8,11,13H,4,6-7,9-10H2,1-3H3,(H,18,21). The smallest absolute Gasteiger partial charge is 0.251 e. The average molecular weight is 418 g/mol. The Morgan fingerprint density at radius 3 is 2.54 bits per heavy atom. The summed E-state index contributed by atoms with van der Waals surface area (Å²) >= 11 is 3.24. The highest BCUT2D eigenvalue weighted by molar-refractivity contribution is 9.10. The van der Waals surface area contributed by atoms with E-state index < -0.39 is 10.0 Å². The van der Waals surface area contributed by atoms with Gasteiger partial charge in [-0.05, 0) is 53.5 Å². The molecule has 2 rings (SSSR count). The molecule has 0 saturated heterocycles. The second kappa shape index (κ2) is 7.95. The van der Waals surface area contributed by atoms with Crippen molar-refractivity contribution < 1.29 is 13.2 Å². The largest absolute Gasteiger partial charge is 0.351 e. The Morgan fingerprint density at radius 2 is 2.00 bits per heavy atom. The molecule has 1 aromatic rings. The van der Waals surface area contributed by atoms with Crippen molar-refractivity contribution in [2.45, 2.75) is 30.7 Å². The Balaban J connectivity index is 2.04. The molecule has 0 atom stereocenters. The zero-order valence-corrected chi connectivity index (χ0v) is 16.7. The minimum Gasteiger partial charge on any atom is -0.351 e. The molecule has 0 radical (unpaired) electrons. The quantitative estimate of drug-likeness (QED) is 0.701. The van der Waals surface area contributed by atoms with Crippen molar-refractivity contribution >= 4 is 31.9 Å². The van der Waals surface area contributed by atoms with E-state index in [0.717, 1.165) is 17.4 Å². The number of carbonyl (C=O) groups excluding carboxylic acids is 1. The van der Waals surface area contributed by atoms with Crippen LogP contribution >= 0.6 is 15.9 Å². The van der Waals surface area contributed by atoms with Gasteiger partial charge in [0.2, 0.25) is 10.0 Å². The number of nitrogens with zero attached hydrogens (tertiary/aromatic N) is 2. The van der Waals surface area contributed by atoms with Gasteiger partial charge in [0.1, 0.15) is 0 Å². The van der Waals surface area contributed by atoms with E-state index in [1.54, 1.807) is 12.1 Å². The predicted octanol–water partition coefficient (Wildman–Crippen LogP) is 1.91. The summed E-state index contributed by atoms with van der Waals surface area (Å²) in [5.41, 5.74) is 0.341. The topological polar surface area (TPSA) is 69.7 Å². The van der Waals surface area contributed by atoms with Crippen LogP contribution in [-0.4, -0.2) is 63.3 Å². The van der Waals surface area contributed by atoms with Crippen molar-refractivity contribution in [3.05, 3.63) is 28.2 Å². The highest BCUT2D eigenvalue weighted by atomic mass is 79.9. The van der Waals surface area contributed by atoms with Gasteiger partial charge in [-0.2, -0.15) is 0 Å². The minimum absolute atomic E-state index is 0.0910.